The Bertz CT molecular complexity index is 559. The zero-order chi connectivity index (χ0) is 13.9. The van der Waals surface area contributed by atoms with E-state index in [1.165, 1.54) is 0 Å². The van der Waals surface area contributed by atoms with Crippen molar-refractivity contribution in [2.45, 2.75) is 32.7 Å². The van der Waals surface area contributed by atoms with Gasteiger partial charge in [0.25, 0.3) is 0 Å². The third kappa shape index (κ3) is 3.12. The Morgan fingerprint density at radius 3 is 2.53 bits per heavy atom. The first-order chi connectivity index (χ1) is 9.02. The van der Waals surface area contributed by atoms with Crippen molar-refractivity contribution in [2.75, 3.05) is 0 Å². The van der Waals surface area contributed by atoms with E-state index in [0.717, 1.165) is 16.9 Å². The molecular formula is C16H20N2O. The van der Waals surface area contributed by atoms with Gasteiger partial charge in [-0.1, -0.05) is 45.0 Å². The van der Waals surface area contributed by atoms with Gasteiger partial charge in [0.15, 0.2) is 0 Å². The van der Waals surface area contributed by atoms with Gasteiger partial charge in [-0.25, -0.2) is 4.98 Å². The van der Waals surface area contributed by atoms with Gasteiger partial charge in [-0.05, 0) is 17.5 Å². The van der Waals surface area contributed by atoms with Gasteiger partial charge in [-0.3, -0.25) is 0 Å². The summed E-state index contributed by atoms with van der Waals surface area (Å²) in [7, 11) is 0. The van der Waals surface area contributed by atoms with Crippen molar-refractivity contribution in [1.82, 2.24) is 4.98 Å². The molecule has 3 heteroatoms. The molecule has 0 fully saturated rings. The maximum absolute atomic E-state index is 5.97. The number of aromatic nitrogens is 1. The lowest BCUT2D eigenvalue weighted by atomic mass is 9.86. The van der Waals surface area contributed by atoms with Crippen molar-refractivity contribution >= 4 is 0 Å². The van der Waals surface area contributed by atoms with Crippen molar-refractivity contribution < 1.29 is 4.74 Å². The quantitative estimate of drug-likeness (QED) is 0.912. The predicted molar refractivity (Wildman–Crippen MR) is 77.3 cm³/mol. The minimum absolute atomic E-state index is 0.0221. The van der Waals surface area contributed by atoms with Gasteiger partial charge in [0, 0.05) is 23.9 Å². The molecule has 0 saturated heterocycles. The van der Waals surface area contributed by atoms with Crippen LogP contribution in [0.3, 0.4) is 0 Å². The molecule has 19 heavy (non-hydrogen) atoms. The van der Waals surface area contributed by atoms with Crippen LogP contribution in [0.1, 0.15) is 31.9 Å². The van der Waals surface area contributed by atoms with Crippen LogP contribution in [0.5, 0.6) is 11.6 Å². The van der Waals surface area contributed by atoms with Crippen LogP contribution < -0.4 is 10.5 Å². The van der Waals surface area contributed by atoms with E-state index in [-0.39, 0.29) is 5.41 Å². The highest BCUT2D eigenvalue weighted by Crippen LogP contribution is 2.34. The Balaban J connectivity index is 2.39. The van der Waals surface area contributed by atoms with Gasteiger partial charge in [-0.15, -0.1) is 0 Å². The molecule has 0 radical (unpaired) electrons. The first-order valence-electron chi connectivity index (χ1n) is 6.43. The smallest absolute Gasteiger partial charge is 0.223 e. The Kier molecular flexibility index (Phi) is 3.86. The first-order valence-corrected chi connectivity index (χ1v) is 6.43. The van der Waals surface area contributed by atoms with Gasteiger partial charge in [0.05, 0.1) is 0 Å². The SMILES string of the molecule is CC(C)(C)c1ccccc1Oc1ncccc1CN. The summed E-state index contributed by atoms with van der Waals surface area (Å²) < 4.78 is 5.97. The Hall–Kier alpha value is -1.87. The molecule has 0 saturated carbocycles. The van der Waals surface area contributed by atoms with E-state index in [4.69, 9.17) is 10.5 Å². The number of nitrogens with two attached hydrogens (primary N) is 1. The summed E-state index contributed by atoms with van der Waals surface area (Å²) >= 11 is 0. The van der Waals surface area contributed by atoms with Crippen molar-refractivity contribution in [3.8, 4) is 11.6 Å². The highest BCUT2D eigenvalue weighted by Gasteiger charge is 2.19. The number of nitrogens with zero attached hydrogens (tertiary/aromatic N) is 1. The molecule has 2 aromatic rings. The molecular weight excluding hydrogens is 236 g/mol. The largest absolute Gasteiger partial charge is 0.438 e. The van der Waals surface area contributed by atoms with Gasteiger partial charge in [0.2, 0.25) is 5.88 Å². The number of rotatable bonds is 3. The number of para-hydroxylation sites is 1. The van der Waals surface area contributed by atoms with Gasteiger partial charge in [0.1, 0.15) is 5.75 Å². The van der Waals surface area contributed by atoms with Crippen LogP contribution in [0.4, 0.5) is 0 Å². The third-order valence-electron chi connectivity index (χ3n) is 2.97. The molecule has 0 amide bonds. The second-order valence-corrected chi connectivity index (χ2v) is 5.52. The topological polar surface area (TPSA) is 48.1 Å². The molecule has 0 bridgehead atoms. The molecule has 2 rings (SSSR count). The van der Waals surface area contributed by atoms with Crippen molar-refractivity contribution in [3.05, 3.63) is 53.7 Å². The van der Waals surface area contributed by atoms with Gasteiger partial charge >= 0.3 is 0 Å². The molecule has 2 N–H and O–H groups in total. The Morgan fingerprint density at radius 2 is 1.84 bits per heavy atom. The molecule has 0 spiro atoms. The molecule has 1 aromatic heterocycles. The summed E-state index contributed by atoms with van der Waals surface area (Å²) in [5.74, 6) is 1.42. The fourth-order valence-corrected chi connectivity index (χ4v) is 1.95. The molecule has 3 nitrogen and oxygen atoms in total. The van der Waals surface area contributed by atoms with Crippen molar-refractivity contribution in [2.24, 2.45) is 5.73 Å². The van der Waals surface area contributed by atoms with E-state index < -0.39 is 0 Å². The number of ether oxygens (including phenoxy) is 1. The lowest BCUT2D eigenvalue weighted by molar-refractivity contribution is 0.434. The average Bonchev–Trinajstić information content (AvgIpc) is 2.39. The first kappa shape index (κ1) is 13.6. The summed E-state index contributed by atoms with van der Waals surface area (Å²) in [6.07, 6.45) is 1.72. The molecule has 1 aromatic carbocycles. The zero-order valence-corrected chi connectivity index (χ0v) is 11.7. The van der Waals surface area contributed by atoms with Crippen LogP contribution in [0.25, 0.3) is 0 Å². The standard InChI is InChI=1S/C16H20N2O/c1-16(2,3)13-8-4-5-9-14(13)19-15-12(11-17)7-6-10-18-15/h4-10H,11,17H2,1-3H3. The van der Waals surface area contributed by atoms with E-state index in [1.807, 2.05) is 30.3 Å². The summed E-state index contributed by atoms with van der Waals surface area (Å²) in [5.41, 5.74) is 7.79. The van der Waals surface area contributed by atoms with Crippen LogP contribution in [0, 0.1) is 0 Å². The lowest BCUT2D eigenvalue weighted by Gasteiger charge is -2.22. The van der Waals surface area contributed by atoms with Crippen LogP contribution in [-0.4, -0.2) is 4.98 Å². The molecule has 0 aliphatic heterocycles. The predicted octanol–water partition coefficient (Wildman–Crippen LogP) is 3.63. The van der Waals surface area contributed by atoms with E-state index in [9.17, 15) is 0 Å². The van der Waals surface area contributed by atoms with Crippen LogP contribution in [-0.2, 0) is 12.0 Å². The third-order valence-corrected chi connectivity index (χ3v) is 2.97. The Labute approximate surface area is 114 Å². The molecule has 0 aliphatic carbocycles. The Morgan fingerprint density at radius 1 is 1.11 bits per heavy atom. The fraction of sp³-hybridized carbons (Fsp3) is 0.312. The molecule has 0 aliphatic rings. The van der Waals surface area contributed by atoms with Gasteiger partial charge in [-0.2, -0.15) is 0 Å². The van der Waals surface area contributed by atoms with E-state index in [2.05, 4.69) is 31.8 Å². The molecule has 0 atom stereocenters. The highest BCUT2D eigenvalue weighted by molar-refractivity contribution is 5.41. The summed E-state index contributed by atoms with van der Waals surface area (Å²) in [5, 5.41) is 0. The normalized spacial score (nSPS) is 11.4. The summed E-state index contributed by atoms with van der Waals surface area (Å²) in [6, 6.07) is 11.8. The zero-order valence-electron chi connectivity index (χ0n) is 11.7. The monoisotopic (exact) mass is 256 g/mol. The van der Waals surface area contributed by atoms with Crippen LogP contribution >= 0.6 is 0 Å². The van der Waals surface area contributed by atoms with E-state index >= 15 is 0 Å². The molecule has 100 valence electrons. The highest BCUT2D eigenvalue weighted by atomic mass is 16.5. The summed E-state index contributed by atoms with van der Waals surface area (Å²) in [6.45, 7) is 6.91. The number of hydrogen-bond acceptors (Lipinski definition) is 3. The van der Waals surface area contributed by atoms with E-state index in [0.29, 0.717) is 12.4 Å². The molecule has 1 heterocycles. The van der Waals surface area contributed by atoms with Crippen molar-refractivity contribution in [3.63, 3.8) is 0 Å². The van der Waals surface area contributed by atoms with E-state index in [1.54, 1.807) is 6.20 Å². The van der Waals surface area contributed by atoms with Crippen molar-refractivity contribution in [1.29, 1.82) is 0 Å². The number of hydrogen-bond donors (Lipinski definition) is 1. The van der Waals surface area contributed by atoms with Gasteiger partial charge < -0.3 is 10.5 Å². The van der Waals surface area contributed by atoms with Crippen LogP contribution in [0.2, 0.25) is 0 Å². The number of pyridine rings is 1. The van der Waals surface area contributed by atoms with Crippen LogP contribution in [0.15, 0.2) is 42.6 Å². The minimum atomic E-state index is 0.0221. The second kappa shape index (κ2) is 5.41. The number of benzene rings is 1. The lowest BCUT2D eigenvalue weighted by Crippen LogP contribution is -2.12. The fourth-order valence-electron chi connectivity index (χ4n) is 1.95. The molecule has 0 unspecified atom stereocenters. The minimum Gasteiger partial charge on any atom is -0.438 e. The maximum Gasteiger partial charge on any atom is 0.223 e. The second-order valence-electron chi connectivity index (χ2n) is 5.52. The maximum atomic E-state index is 5.97. The summed E-state index contributed by atoms with van der Waals surface area (Å²) in [4.78, 5) is 4.27. The average molecular weight is 256 g/mol.